The molecule has 0 aliphatic carbocycles. The molecule has 3 rings (SSSR count). The molecule has 0 spiro atoms. The first-order valence-corrected chi connectivity index (χ1v) is 10.8. The lowest BCUT2D eigenvalue weighted by atomic mass is 10.0. The van der Waals surface area contributed by atoms with Gasteiger partial charge in [0.05, 0.1) is 7.11 Å². The van der Waals surface area contributed by atoms with Crippen LogP contribution in [0.1, 0.15) is 18.4 Å². The van der Waals surface area contributed by atoms with E-state index in [1.165, 1.54) is 5.56 Å². The molecule has 4 nitrogen and oxygen atoms in total. The average molecular weight is 416 g/mol. The van der Waals surface area contributed by atoms with Crippen molar-refractivity contribution in [2.45, 2.75) is 24.1 Å². The first-order valence-electron chi connectivity index (χ1n) is 9.37. The zero-order valence-electron chi connectivity index (χ0n) is 16.0. The number of thioether (sulfide) groups is 1. The summed E-state index contributed by atoms with van der Waals surface area (Å²) < 4.78 is 11.4. The van der Waals surface area contributed by atoms with Crippen LogP contribution in [0, 0.1) is 0 Å². The lowest BCUT2D eigenvalue weighted by molar-refractivity contribution is -0.117. The maximum absolute atomic E-state index is 12.5. The number of nitrogens with one attached hydrogen (secondary N) is 1. The monoisotopic (exact) mass is 415 g/mol. The second-order valence-corrected chi connectivity index (χ2v) is 8.55. The predicted octanol–water partition coefficient (Wildman–Crippen LogP) is 4.07. The number of aryl methyl sites for hydroxylation is 1. The van der Waals surface area contributed by atoms with Crippen molar-refractivity contribution in [1.82, 2.24) is 5.32 Å². The summed E-state index contributed by atoms with van der Waals surface area (Å²) >= 11 is 7.41. The fourth-order valence-corrected chi connectivity index (χ4v) is 4.74. The molecule has 1 heterocycles. The molecule has 1 N–H and O–H groups in total. The molecule has 6 heteroatoms. The number of methoxy groups -OCH3 is 1. The Bertz CT molecular complexity index is 804. The van der Waals surface area contributed by atoms with Crippen molar-refractivity contribution < 1.29 is 14.3 Å². The molecule has 1 aliphatic rings. The molecule has 1 saturated heterocycles. The molecular weight excluding hydrogens is 390 g/mol. The average Bonchev–Trinajstić information content (AvgIpc) is 3.22. The summed E-state index contributed by atoms with van der Waals surface area (Å²) in [5.41, 5.74) is 1.17. The van der Waals surface area contributed by atoms with Crippen LogP contribution in [0.3, 0.4) is 0 Å². The fraction of sp³-hybridized carbons (Fsp3) is 0.364. The first kappa shape index (κ1) is 20.8. The number of para-hydroxylation sites is 2. The highest BCUT2D eigenvalue weighted by atomic mass is 32.2. The third kappa shape index (κ3) is 5.34. The minimum absolute atomic E-state index is 0.166. The third-order valence-electron chi connectivity index (χ3n) is 4.70. The number of carbonyl (C=O) groups excluding carboxylic acids is 1. The van der Waals surface area contributed by atoms with Crippen LogP contribution in [-0.4, -0.2) is 41.5 Å². The van der Waals surface area contributed by atoms with Gasteiger partial charge in [-0.15, -0.1) is 11.8 Å². The second kappa shape index (κ2) is 10.0. The van der Waals surface area contributed by atoms with E-state index in [1.54, 1.807) is 18.9 Å². The molecule has 0 radical (unpaired) electrons. The molecule has 1 atom stereocenters. The van der Waals surface area contributed by atoms with E-state index in [0.29, 0.717) is 29.4 Å². The number of carbonyl (C=O) groups is 1. The van der Waals surface area contributed by atoms with E-state index in [9.17, 15) is 4.79 Å². The van der Waals surface area contributed by atoms with Crippen LogP contribution >= 0.6 is 24.0 Å². The number of hydrogen-bond acceptors (Lipinski definition) is 6. The summed E-state index contributed by atoms with van der Waals surface area (Å²) in [7, 11) is 1.62. The van der Waals surface area contributed by atoms with Crippen LogP contribution in [0.4, 0.5) is 0 Å². The van der Waals surface area contributed by atoms with Gasteiger partial charge in [0.1, 0.15) is 17.3 Å². The highest BCUT2D eigenvalue weighted by Crippen LogP contribution is 2.34. The molecule has 1 unspecified atom stereocenters. The number of ether oxygens (including phenoxy) is 2. The van der Waals surface area contributed by atoms with Crippen molar-refractivity contribution in [3.8, 4) is 11.5 Å². The van der Waals surface area contributed by atoms with Gasteiger partial charge in [0.25, 0.3) is 0 Å². The van der Waals surface area contributed by atoms with Gasteiger partial charge in [-0.2, -0.15) is 0 Å². The van der Waals surface area contributed by atoms with E-state index in [0.717, 1.165) is 18.7 Å². The number of ketones is 1. The summed E-state index contributed by atoms with van der Waals surface area (Å²) in [6.45, 7) is 1.21. The molecule has 148 valence electrons. The van der Waals surface area contributed by atoms with Crippen LogP contribution in [0.15, 0.2) is 54.6 Å². The Morgan fingerprint density at radius 3 is 2.54 bits per heavy atom. The Balaban J connectivity index is 1.59. The van der Waals surface area contributed by atoms with E-state index in [1.807, 2.05) is 54.6 Å². The SMILES string of the molecule is COc1ccccc1OCC1(C(=S)CC(=O)CCc2ccccc2)NCCS1. The standard InChI is InChI=1S/C22H25NO3S2/c1-25-19-9-5-6-10-20(19)26-16-22(23-13-14-28-22)21(27)15-18(24)12-11-17-7-3-2-4-8-17/h2-10,23H,11-16H2,1H3. The highest BCUT2D eigenvalue weighted by molar-refractivity contribution is 8.02. The van der Waals surface area contributed by atoms with Crippen molar-refractivity contribution in [2.24, 2.45) is 0 Å². The Morgan fingerprint density at radius 1 is 1.14 bits per heavy atom. The van der Waals surface area contributed by atoms with Gasteiger partial charge in [-0.05, 0) is 24.1 Å². The van der Waals surface area contributed by atoms with Crippen LogP contribution in [0.5, 0.6) is 11.5 Å². The fourth-order valence-electron chi connectivity index (χ4n) is 3.14. The van der Waals surface area contributed by atoms with Crippen LogP contribution in [0.25, 0.3) is 0 Å². The maximum Gasteiger partial charge on any atom is 0.161 e. The van der Waals surface area contributed by atoms with Gasteiger partial charge < -0.3 is 9.47 Å². The van der Waals surface area contributed by atoms with E-state index >= 15 is 0 Å². The Kier molecular flexibility index (Phi) is 7.48. The molecule has 0 saturated carbocycles. The van der Waals surface area contributed by atoms with Crippen molar-refractivity contribution in [1.29, 1.82) is 0 Å². The largest absolute Gasteiger partial charge is 0.493 e. The van der Waals surface area contributed by atoms with Gasteiger partial charge in [-0.3, -0.25) is 10.1 Å². The van der Waals surface area contributed by atoms with Gasteiger partial charge in [0.15, 0.2) is 11.5 Å². The van der Waals surface area contributed by atoms with Crippen molar-refractivity contribution in [3.63, 3.8) is 0 Å². The van der Waals surface area contributed by atoms with Gasteiger partial charge in [0.2, 0.25) is 0 Å². The van der Waals surface area contributed by atoms with E-state index in [4.69, 9.17) is 21.7 Å². The van der Waals surface area contributed by atoms with Crippen molar-refractivity contribution in [2.75, 3.05) is 26.0 Å². The van der Waals surface area contributed by atoms with Crippen LogP contribution in [-0.2, 0) is 11.2 Å². The molecule has 2 aromatic rings. The Hall–Kier alpha value is -1.89. The summed E-state index contributed by atoms with van der Waals surface area (Å²) in [4.78, 5) is 12.7. The van der Waals surface area contributed by atoms with Crippen LogP contribution in [0.2, 0.25) is 0 Å². The number of benzene rings is 2. The number of thiocarbonyl (C=S) groups is 1. The highest BCUT2D eigenvalue weighted by Gasteiger charge is 2.40. The van der Waals surface area contributed by atoms with Gasteiger partial charge >= 0.3 is 0 Å². The number of rotatable bonds is 10. The maximum atomic E-state index is 12.5. The zero-order chi connectivity index (χ0) is 19.8. The lowest BCUT2D eigenvalue weighted by Gasteiger charge is -2.29. The molecule has 2 aromatic carbocycles. The van der Waals surface area contributed by atoms with E-state index < -0.39 is 4.87 Å². The summed E-state index contributed by atoms with van der Waals surface area (Å²) in [5, 5.41) is 3.46. The number of hydrogen-bond donors (Lipinski definition) is 1. The first-order chi connectivity index (χ1) is 13.6. The van der Waals surface area contributed by atoms with Crippen LogP contribution < -0.4 is 14.8 Å². The van der Waals surface area contributed by atoms with Gasteiger partial charge in [-0.1, -0.05) is 54.7 Å². The van der Waals surface area contributed by atoms with E-state index in [2.05, 4.69) is 5.32 Å². The molecule has 28 heavy (non-hydrogen) atoms. The molecular formula is C22H25NO3S2. The molecule has 0 aromatic heterocycles. The quantitative estimate of drug-likeness (QED) is 0.591. The second-order valence-electron chi connectivity index (χ2n) is 6.67. The summed E-state index contributed by atoms with van der Waals surface area (Å²) in [6, 6.07) is 17.6. The van der Waals surface area contributed by atoms with Crippen molar-refractivity contribution >= 4 is 34.6 Å². The smallest absolute Gasteiger partial charge is 0.161 e. The predicted molar refractivity (Wildman–Crippen MR) is 119 cm³/mol. The normalized spacial score (nSPS) is 18.6. The third-order valence-corrected chi connectivity index (χ3v) is 6.74. The number of Topliss-reactive ketones (excluding diaryl/α,β-unsaturated/α-hetero) is 1. The van der Waals surface area contributed by atoms with Gasteiger partial charge in [-0.25, -0.2) is 0 Å². The molecule has 1 fully saturated rings. The molecule has 0 amide bonds. The summed E-state index contributed by atoms with van der Waals surface area (Å²) in [5.74, 6) is 2.47. The Labute approximate surface area is 176 Å². The zero-order valence-corrected chi connectivity index (χ0v) is 17.6. The molecule has 0 bridgehead atoms. The minimum Gasteiger partial charge on any atom is -0.493 e. The van der Waals surface area contributed by atoms with Crippen molar-refractivity contribution in [3.05, 3.63) is 60.2 Å². The Morgan fingerprint density at radius 2 is 1.86 bits per heavy atom. The van der Waals surface area contributed by atoms with Gasteiger partial charge in [0, 0.05) is 30.0 Å². The van der Waals surface area contributed by atoms with E-state index in [-0.39, 0.29) is 12.2 Å². The molecule has 1 aliphatic heterocycles. The minimum atomic E-state index is -0.515. The lowest BCUT2D eigenvalue weighted by Crippen LogP contribution is -2.50. The topological polar surface area (TPSA) is 47.6 Å². The summed E-state index contributed by atoms with van der Waals surface area (Å²) in [6.07, 6.45) is 1.53.